The summed E-state index contributed by atoms with van der Waals surface area (Å²) in [6.07, 6.45) is -0.0967. The second kappa shape index (κ2) is 8.15. The largest absolute Gasteiger partial charge is 0.484 e. The summed E-state index contributed by atoms with van der Waals surface area (Å²) in [7, 11) is 0. The molecule has 0 bridgehead atoms. The number of benzene rings is 2. The Morgan fingerprint density at radius 1 is 1.15 bits per heavy atom. The van der Waals surface area contributed by atoms with Crippen LogP contribution in [0.5, 0.6) is 5.75 Å². The highest BCUT2D eigenvalue weighted by Gasteiger charge is 2.39. The van der Waals surface area contributed by atoms with E-state index in [0.717, 1.165) is 4.90 Å². The molecule has 1 fully saturated rings. The van der Waals surface area contributed by atoms with Crippen LogP contribution in [0.25, 0.3) is 0 Å². The number of hydrogen-bond donors (Lipinski definition) is 2. The highest BCUT2D eigenvalue weighted by atomic mass is 35.5. The number of nitrogens with zero attached hydrogens (tertiary/aromatic N) is 1. The maximum absolute atomic E-state index is 12.8. The Labute approximate surface area is 159 Å². The molecule has 1 saturated heterocycles. The summed E-state index contributed by atoms with van der Waals surface area (Å²) in [6.45, 7) is -0.339. The van der Waals surface area contributed by atoms with Crippen molar-refractivity contribution in [3.8, 4) is 5.75 Å². The van der Waals surface area contributed by atoms with Crippen molar-refractivity contribution in [3.05, 3.63) is 59.4 Å². The van der Waals surface area contributed by atoms with E-state index in [2.05, 4.69) is 10.9 Å². The van der Waals surface area contributed by atoms with Gasteiger partial charge in [-0.2, -0.15) is 0 Å². The summed E-state index contributed by atoms with van der Waals surface area (Å²) in [4.78, 5) is 37.4. The molecule has 1 heterocycles. The minimum Gasteiger partial charge on any atom is -0.484 e. The standard InChI is InChI=1S/C18H15ClFN3O4/c19-11-1-5-13(6-2-11)23-17(25)9-15(18(23)26)21-22-16(24)10-27-14-7-3-12(20)4-8-14/h1-8,15,21H,9-10H2,(H,22,24). The molecule has 3 rings (SSSR count). The van der Waals surface area contributed by atoms with Gasteiger partial charge in [0.1, 0.15) is 17.6 Å². The number of imide groups is 1. The quantitative estimate of drug-likeness (QED) is 0.579. The Balaban J connectivity index is 1.51. The minimum atomic E-state index is -0.886. The number of amides is 3. The molecule has 140 valence electrons. The van der Waals surface area contributed by atoms with Crippen LogP contribution in [-0.4, -0.2) is 30.4 Å². The average Bonchev–Trinajstić information content (AvgIpc) is 2.94. The molecule has 0 saturated carbocycles. The lowest BCUT2D eigenvalue weighted by molar-refractivity contribution is -0.125. The molecule has 1 aliphatic rings. The topological polar surface area (TPSA) is 87.7 Å². The molecule has 0 aliphatic carbocycles. The molecule has 0 spiro atoms. The van der Waals surface area contributed by atoms with Gasteiger partial charge in [-0.05, 0) is 48.5 Å². The van der Waals surface area contributed by atoms with E-state index < -0.39 is 29.6 Å². The number of ether oxygens (including phenoxy) is 1. The summed E-state index contributed by atoms with van der Waals surface area (Å²) in [5, 5.41) is 0.487. The molecule has 1 unspecified atom stereocenters. The van der Waals surface area contributed by atoms with E-state index in [0.29, 0.717) is 16.5 Å². The van der Waals surface area contributed by atoms with E-state index >= 15 is 0 Å². The van der Waals surface area contributed by atoms with Crippen LogP contribution in [0, 0.1) is 5.82 Å². The molecule has 3 amide bonds. The zero-order valence-corrected chi connectivity index (χ0v) is 14.7. The molecule has 27 heavy (non-hydrogen) atoms. The summed E-state index contributed by atoms with van der Waals surface area (Å²) in [6, 6.07) is 10.6. The Bertz CT molecular complexity index is 858. The number of halogens is 2. The Morgan fingerprint density at radius 3 is 2.48 bits per heavy atom. The molecule has 0 radical (unpaired) electrons. The smallest absolute Gasteiger partial charge is 0.272 e. The second-order valence-electron chi connectivity index (χ2n) is 5.74. The number of rotatable bonds is 6. The van der Waals surface area contributed by atoms with E-state index in [-0.39, 0.29) is 13.0 Å². The fourth-order valence-corrected chi connectivity index (χ4v) is 2.62. The van der Waals surface area contributed by atoms with Crippen molar-refractivity contribution >= 4 is 35.0 Å². The van der Waals surface area contributed by atoms with E-state index in [1.54, 1.807) is 24.3 Å². The zero-order valence-electron chi connectivity index (χ0n) is 13.9. The fraction of sp³-hybridized carbons (Fsp3) is 0.167. The van der Waals surface area contributed by atoms with Crippen LogP contribution in [0.3, 0.4) is 0 Å². The van der Waals surface area contributed by atoms with Crippen molar-refractivity contribution in [2.45, 2.75) is 12.5 Å². The van der Waals surface area contributed by atoms with E-state index in [1.165, 1.54) is 24.3 Å². The molecule has 1 aliphatic heterocycles. The molecule has 1 atom stereocenters. The molecule has 2 N–H and O–H groups in total. The lowest BCUT2D eigenvalue weighted by Gasteiger charge is -2.16. The third-order valence-electron chi connectivity index (χ3n) is 3.80. The number of nitrogens with one attached hydrogen (secondary N) is 2. The van der Waals surface area contributed by atoms with Crippen molar-refractivity contribution in [1.29, 1.82) is 0 Å². The molecule has 7 nitrogen and oxygen atoms in total. The van der Waals surface area contributed by atoms with Crippen LogP contribution in [-0.2, 0) is 14.4 Å². The van der Waals surface area contributed by atoms with Crippen molar-refractivity contribution in [1.82, 2.24) is 10.9 Å². The normalized spacial score (nSPS) is 16.5. The van der Waals surface area contributed by atoms with Gasteiger partial charge in [-0.3, -0.25) is 19.8 Å². The SMILES string of the molecule is O=C(COc1ccc(F)cc1)NNC1CC(=O)N(c2ccc(Cl)cc2)C1=O. The predicted octanol–water partition coefficient (Wildman–Crippen LogP) is 1.81. The van der Waals surface area contributed by atoms with Gasteiger partial charge in [-0.15, -0.1) is 0 Å². The van der Waals surface area contributed by atoms with Crippen LogP contribution >= 0.6 is 11.6 Å². The first kappa shape index (κ1) is 18.8. The van der Waals surface area contributed by atoms with Crippen LogP contribution in [0.15, 0.2) is 48.5 Å². The maximum Gasteiger partial charge on any atom is 0.272 e. The summed E-state index contributed by atoms with van der Waals surface area (Å²) in [5.74, 6) is -1.51. The fourth-order valence-electron chi connectivity index (χ4n) is 2.49. The lowest BCUT2D eigenvalue weighted by atomic mass is 10.2. The Hall–Kier alpha value is -2.97. The first-order chi connectivity index (χ1) is 12.9. The first-order valence-electron chi connectivity index (χ1n) is 7.99. The van der Waals surface area contributed by atoms with Crippen LogP contribution < -0.4 is 20.5 Å². The van der Waals surface area contributed by atoms with E-state index in [9.17, 15) is 18.8 Å². The van der Waals surface area contributed by atoms with Gasteiger partial charge in [0.15, 0.2) is 6.61 Å². The second-order valence-corrected chi connectivity index (χ2v) is 6.17. The van der Waals surface area contributed by atoms with Gasteiger partial charge in [0, 0.05) is 5.02 Å². The molecule has 2 aromatic rings. The molecule has 2 aromatic carbocycles. The summed E-state index contributed by atoms with van der Waals surface area (Å²) in [5.41, 5.74) is 5.28. The van der Waals surface area contributed by atoms with Crippen molar-refractivity contribution in [2.75, 3.05) is 11.5 Å². The summed E-state index contributed by atoms with van der Waals surface area (Å²) < 4.78 is 18.0. The molecule has 9 heteroatoms. The highest BCUT2D eigenvalue weighted by Crippen LogP contribution is 2.24. The van der Waals surface area contributed by atoms with Gasteiger partial charge in [0.05, 0.1) is 12.1 Å². The third kappa shape index (κ3) is 4.60. The number of hydrazine groups is 1. The van der Waals surface area contributed by atoms with Gasteiger partial charge in [0.25, 0.3) is 11.8 Å². The number of carbonyl (C=O) groups excluding carboxylic acids is 3. The van der Waals surface area contributed by atoms with Crippen molar-refractivity contribution in [2.24, 2.45) is 0 Å². The van der Waals surface area contributed by atoms with Crippen molar-refractivity contribution in [3.63, 3.8) is 0 Å². The Kier molecular flexibility index (Phi) is 5.68. The van der Waals surface area contributed by atoms with Crippen LogP contribution in [0.4, 0.5) is 10.1 Å². The van der Waals surface area contributed by atoms with Gasteiger partial charge >= 0.3 is 0 Å². The Morgan fingerprint density at radius 2 is 1.81 bits per heavy atom. The van der Waals surface area contributed by atoms with E-state index in [1.807, 2.05) is 0 Å². The van der Waals surface area contributed by atoms with Crippen LogP contribution in [0.2, 0.25) is 5.02 Å². The molecular weight excluding hydrogens is 377 g/mol. The first-order valence-corrected chi connectivity index (χ1v) is 8.37. The van der Waals surface area contributed by atoms with Gasteiger partial charge in [-0.1, -0.05) is 11.6 Å². The number of anilines is 1. The molecule has 0 aromatic heterocycles. The van der Waals surface area contributed by atoms with Gasteiger partial charge in [-0.25, -0.2) is 14.7 Å². The number of hydrogen-bond acceptors (Lipinski definition) is 5. The third-order valence-corrected chi connectivity index (χ3v) is 4.05. The van der Waals surface area contributed by atoms with E-state index in [4.69, 9.17) is 16.3 Å². The zero-order chi connectivity index (χ0) is 19.4. The minimum absolute atomic E-state index is 0.0967. The highest BCUT2D eigenvalue weighted by molar-refractivity contribution is 6.30. The average molecular weight is 392 g/mol. The number of carbonyl (C=O) groups is 3. The van der Waals surface area contributed by atoms with Gasteiger partial charge in [0.2, 0.25) is 5.91 Å². The van der Waals surface area contributed by atoms with Gasteiger partial charge < -0.3 is 4.74 Å². The predicted molar refractivity (Wildman–Crippen MR) is 95.5 cm³/mol. The maximum atomic E-state index is 12.8. The molecular formula is C18H15ClFN3O4. The monoisotopic (exact) mass is 391 g/mol. The van der Waals surface area contributed by atoms with Crippen molar-refractivity contribution < 1.29 is 23.5 Å². The summed E-state index contributed by atoms with van der Waals surface area (Å²) >= 11 is 5.81. The van der Waals surface area contributed by atoms with Crippen LogP contribution in [0.1, 0.15) is 6.42 Å². The lowest BCUT2D eigenvalue weighted by Crippen LogP contribution is -2.49.